The molecule has 4 aromatic carbocycles. The number of esters is 1. The number of anilines is 1. The number of hydrogen-bond donors (Lipinski definition) is 1. The number of rotatable bonds is 5. The summed E-state index contributed by atoms with van der Waals surface area (Å²) in [4.78, 5) is 35.2. The van der Waals surface area contributed by atoms with Crippen LogP contribution in [-0.4, -0.2) is 23.5 Å². The molecule has 0 fully saturated rings. The summed E-state index contributed by atoms with van der Waals surface area (Å²) < 4.78 is 5.76. The van der Waals surface area contributed by atoms with Gasteiger partial charge in [-0.3, -0.25) is 9.59 Å². The van der Waals surface area contributed by atoms with Crippen molar-refractivity contribution in [3.8, 4) is 12.1 Å². The van der Waals surface area contributed by atoms with E-state index in [0.29, 0.717) is 28.1 Å². The van der Waals surface area contributed by atoms with Gasteiger partial charge in [0.2, 0.25) is 5.91 Å². The summed E-state index contributed by atoms with van der Waals surface area (Å²) in [7, 11) is 0. The molecule has 0 bridgehead atoms. The van der Waals surface area contributed by atoms with Gasteiger partial charge < -0.3 is 14.6 Å². The molecule has 3 atom stereocenters. The van der Waals surface area contributed by atoms with Crippen LogP contribution in [0.2, 0.25) is 0 Å². The van der Waals surface area contributed by atoms with Crippen LogP contribution in [0.4, 0.5) is 5.69 Å². The van der Waals surface area contributed by atoms with Gasteiger partial charge in [-0.25, -0.2) is 0 Å². The number of aryl methyl sites for hydroxylation is 2. The van der Waals surface area contributed by atoms with Gasteiger partial charge in [-0.2, -0.15) is 10.5 Å². The molecular formula is C39H32N4O3. The number of H-pyrrole nitrogens is 1. The number of fused-ring (bicyclic) bond motifs is 5. The molecule has 1 N–H and O–H groups in total. The second kappa shape index (κ2) is 10.8. The van der Waals surface area contributed by atoms with Gasteiger partial charge in [0.15, 0.2) is 5.41 Å². The maximum atomic E-state index is 15.6. The molecular weight excluding hydrogens is 572 g/mol. The van der Waals surface area contributed by atoms with E-state index in [1.165, 1.54) is 0 Å². The van der Waals surface area contributed by atoms with Crippen molar-refractivity contribution in [1.29, 1.82) is 10.5 Å². The van der Waals surface area contributed by atoms with E-state index in [9.17, 15) is 15.3 Å². The van der Waals surface area contributed by atoms with Crippen molar-refractivity contribution in [3.05, 3.63) is 136 Å². The number of nitrogens with one attached hydrogen (secondary N) is 1. The van der Waals surface area contributed by atoms with Crippen LogP contribution in [-0.2, 0) is 26.3 Å². The van der Waals surface area contributed by atoms with Gasteiger partial charge in [0.25, 0.3) is 0 Å². The van der Waals surface area contributed by atoms with E-state index in [2.05, 4.69) is 17.1 Å². The monoisotopic (exact) mass is 604 g/mol. The van der Waals surface area contributed by atoms with Crippen LogP contribution in [0.15, 0.2) is 97.1 Å². The molecule has 1 aliphatic carbocycles. The Balaban J connectivity index is 1.65. The van der Waals surface area contributed by atoms with E-state index in [1.54, 1.807) is 11.8 Å². The fourth-order valence-corrected chi connectivity index (χ4v) is 7.86. The molecule has 1 spiro atoms. The van der Waals surface area contributed by atoms with Crippen LogP contribution >= 0.6 is 0 Å². The average molecular weight is 605 g/mol. The van der Waals surface area contributed by atoms with Crippen molar-refractivity contribution >= 4 is 28.5 Å². The summed E-state index contributed by atoms with van der Waals surface area (Å²) in [6.45, 7) is 5.87. The summed E-state index contributed by atoms with van der Waals surface area (Å²) in [5, 5.41) is 23.8. The highest BCUT2D eigenvalue weighted by Crippen LogP contribution is 2.68. The zero-order valence-corrected chi connectivity index (χ0v) is 25.9. The van der Waals surface area contributed by atoms with E-state index in [1.807, 2.05) is 111 Å². The van der Waals surface area contributed by atoms with Crippen LogP contribution in [0.1, 0.15) is 57.8 Å². The lowest BCUT2D eigenvalue weighted by Gasteiger charge is -2.50. The first-order chi connectivity index (χ1) is 22.3. The molecule has 2 heterocycles. The lowest BCUT2D eigenvalue weighted by atomic mass is 9.45. The Hall–Kier alpha value is -5.66. The van der Waals surface area contributed by atoms with Crippen molar-refractivity contribution in [2.45, 2.75) is 44.6 Å². The minimum atomic E-state index is -2.05. The Morgan fingerprint density at radius 3 is 2.28 bits per heavy atom. The van der Waals surface area contributed by atoms with E-state index in [-0.39, 0.29) is 13.2 Å². The first kappa shape index (κ1) is 29.1. The maximum absolute atomic E-state index is 15.6. The molecule has 0 radical (unpaired) electrons. The average Bonchev–Trinajstić information content (AvgIpc) is 3.55. The number of aromatic amines is 1. The highest BCUT2D eigenvalue weighted by Gasteiger charge is 2.76. The van der Waals surface area contributed by atoms with E-state index < -0.39 is 34.5 Å². The lowest BCUT2D eigenvalue weighted by molar-refractivity contribution is -0.152. The fourth-order valence-electron chi connectivity index (χ4n) is 7.86. The molecule has 1 aliphatic heterocycles. The summed E-state index contributed by atoms with van der Waals surface area (Å²) in [6, 6.07) is 35.5. The minimum absolute atomic E-state index is 0.0665. The molecule has 7 nitrogen and oxygen atoms in total. The van der Waals surface area contributed by atoms with Gasteiger partial charge in [-0.15, -0.1) is 0 Å². The quantitative estimate of drug-likeness (QED) is 0.215. The van der Waals surface area contributed by atoms with Crippen LogP contribution in [0.5, 0.6) is 0 Å². The Morgan fingerprint density at radius 1 is 0.913 bits per heavy atom. The van der Waals surface area contributed by atoms with E-state index >= 15 is 4.79 Å². The van der Waals surface area contributed by atoms with Crippen molar-refractivity contribution in [3.63, 3.8) is 0 Å². The first-order valence-corrected chi connectivity index (χ1v) is 15.5. The number of para-hydroxylation sites is 1. The molecule has 1 amide bonds. The van der Waals surface area contributed by atoms with E-state index in [0.717, 1.165) is 27.6 Å². The van der Waals surface area contributed by atoms with Gasteiger partial charge in [0, 0.05) is 28.2 Å². The molecule has 0 saturated carbocycles. The zero-order valence-electron chi connectivity index (χ0n) is 25.9. The number of hydrogen-bond acceptors (Lipinski definition) is 5. The van der Waals surface area contributed by atoms with Crippen LogP contribution < -0.4 is 4.90 Å². The normalized spacial score (nSPS) is 21.0. The van der Waals surface area contributed by atoms with Gasteiger partial charge in [0.1, 0.15) is 11.3 Å². The smallest absolute Gasteiger partial charge is 0.316 e. The molecule has 46 heavy (non-hydrogen) atoms. The number of nitrogens with zero attached hydrogens (tertiary/aromatic N) is 3. The summed E-state index contributed by atoms with van der Waals surface area (Å²) in [6.07, 6.45) is 0. The zero-order chi connectivity index (χ0) is 32.2. The Morgan fingerprint density at radius 2 is 1.59 bits per heavy atom. The van der Waals surface area contributed by atoms with Crippen molar-refractivity contribution in [2.24, 2.45) is 5.41 Å². The van der Waals surface area contributed by atoms with Crippen LogP contribution in [0.3, 0.4) is 0 Å². The van der Waals surface area contributed by atoms with Crippen LogP contribution in [0.25, 0.3) is 10.9 Å². The highest BCUT2D eigenvalue weighted by molar-refractivity contribution is 6.14. The highest BCUT2D eigenvalue weighted by atomic mass is 16.5. The predicted octanol–water partition coefficient (Wildman–Crippen LogP) is 7.10. The molecule has 0 unspecified atom stereocenters. The van der Waals surface area contributed by atoms with Crippen molar-refractivity contribution in [1.82, 2.24) is 4.98 Å². The third kappa shape index (κ3) is 3.82. The van der Waals surface area contributed by atoms with Gasteiger partial charge in [-0.05, 0) is 55.2 Å². The lowest BCUT2D eigenvalue weighted by Crippen LogP contribution is -2.62. The molecule has 7 heteroatoms. The van der Waals surface area contributed by atoms with Gasteiger partial charge in [-0.1, -0.05) is 96.1 Å². The van der Waals surface area contributed by atoms with Gasteiger partial charge >= 0.3 is 5.97 Å². The number of carbonyl (C=O) groups excluding carboxylic acids is 2. The standard InChI is InChI=1S/C39H32N4O3/c1-4-46-36(44)34-35-32(28-12-8-9-13-30(28)42-35)33(27-17-14-24(2)15-18-27)38(22-40,23-41)39(34)29-20-25(3)16-19-31(29)43(37(39)45)21-26-10-6-5-7-11-26/h5-20,33-34,42H,4,21H2,1-3H3/t33-,34+,39-/m0/s1. The molecule has 7 rings (SSSR count). The number of benzene rings is 4. The van der Waals surface area contributed by atoms with Crippen molar-refractivity contribution < 1.29 is 14.3 Å². The first-order valence-electron chi connectivity index (χ1n) is 15.5. The third-order valence-corrected chi connectivity index (χ3v) is 9.76. The van der Waals surface area contributed by atoms with Gasteiger partial charge in [0.05, 0.1) is 25.3 Å². The number of aromatic nitrogens is 1. The minimum Gasteiger partial charge on any atom is -0.465 e. The Kier molecular flexibility index (Phi) is 6.80. The molecule has 226 valence electrons. The summed E-state index contributed by atoms with van der Waals surface area (Å²) >= 11 is 0. The second-order valence-corrected chi connectivity index (χ2v) is 12.3. The maximum Gasteiger partial charge on any atom is 0.316 e. The van der Waals surface area contributed by atoms with E-state index in [4.69, 9.17) is 4.74 Å². The number of carbonyl (C=O) groups is 2. The predicted molar refractivity (Wildman–Crippen MR) is 175 cm³/mol. The topological polar surface area (TPSA) is 110 Å². The summed E-state index contributed by atoms with van der Waals surface area (Å²) in [5.41, 5.74) is 2.42. The largest absolute Gasteiger partial charge is 0.465 e. The molecule has 2 aliphatic rings. The second-order valence-electron chi connectivity index (χ2n) is 12.3. The number of nitriles is 2. The molecule has 1 aromatic heterocycles. The Labute approximate surface area is 267 Å². The van der Waals surface area contributed by atoms with Crippen LogP contribution in [0, 0.1) is 41.9 Å². The number of amides is 1. The molecule has 5 aromatic rings. The summed E-state index contributed by atoms with van der Waals surface area (Å²) in [5.74, 6) is -3.31. The SMILES string of the molecule is CCOC(=O)[C@H]1c2[nH]c3ccccc3c2[C@H](c2ccc(C)cc2)C(C#N)(C#N)[C@]12C(=O)N(Cc1ccccc1)c1ccc(C)cc12. The fraction of sp³-hybridized carbons (Fsp3) is 0.231. The number of ether oxygens (including phenoxy) is 1. The molecule has 0 saturated heterocycles. The Bertz CT molecular complexity index is 2090. The third-order valence-electron chi connectivity index (χ3n) is 9.76. The van der Waals surface area contributed by atoms with Crippen molar-refractivity contribution in [2.75, 3.05) is 11.5 Å².